The maximum atomic E-state index is 13.7. The van der Waals surface area contributed by atoms with Crippen molar-refractivity contribution in [3.05, 3.63) is 64.7 Å². The van der Waals surface area contributed by atoms with Crippen LogP contribution < -0.4 is 5.32 Å². The first kappa shape index (κ1) is 19.7. The lowest BCUT2D eigenvalue weighted by Crippen LogP contribution is -2.52. The van der Waals surface area contributed by atoms with Crippen LogP contribution in [0.25, 0.3) is 0 Å². The Labute approximate surface area is 162 Å². The van der Waals surface area contributed by atoms with Gasteiger partial charge in [-0.1, -0.05) is 29.8 Å². The fourth-order valence-corrected chi connectivity index (χ4v) is 3.39. The molecule has 1 fully saturated rings. The fourth-order valence-electron chi connectivity index (χ4n) is 3.17. The smallest absolute Gasteiger partial charge is 0.241 e. The van der Waals surface area contributed by atoms with Gasteiger partial charge < -0.3 is 5.32 Å². The molecule has 0 saturated carbocycles. The number of nitrogens with zero attached hydrogens (tertiary/aromatic N) is 2. The average Bonchev–Trinajstić information content (AvgIpc) is 2.66. The third-order valence-electron chi connectivity index (χ3n) is 4.87. The van der Waals surface area contributed by atoms with Crippen LogP contribution in [0.4, 0.5) is 14.5 Å². The highest BCUT2D eigenvalue weighted by molar-refractivity contribution is 6.31. The second-order valence-corrected chi connectivity index (χ2v) is 7.10. The predicted octanol–water partition coefficient (Wildman–Crippen LogP) is 3.76. The minimum Gasteiger partial charge on any atom is -0.322 e. The molecule has 1 aliphatic rings. The number of hydrogen-bond acceptors (Lipinski definition) is 3. The maximum absolute atomic E-state index is 13.7. The molecule has 1 atom stereocenters. The lowest BCUT2D eigenvalue weighted by Gasteiger charge is -2.37. The fraction of sp³-hybridized carbons (Fsp3) is 0.350. The zero-order valence-electron chi connectivity index (χ0n) is 15.1. The van der Waals surface area contributed by atoms with Crippen LogP contribution in [0.2, 0.25) is 5.02 Å². The van der Waals surface area contributed by atoms with Crippen LogP contribution in [-0.4, -0.2) is 47.9 Å². The minimum atomic E-state index is -0.445. The molecule has 0 spiro atoms. The lowest BCUT2D eigenvalue weighted by molar-refractivity contribution is -0.121. The number of carbonyl (C=O) groups excluding carboxylic acids is 1. The van der Waals surface area contributed by atoms with Crippen molar-refractivity contribution in [3.8, 4) is 0 Å². The molecule has 0 bridgehead atoms. The molecule has 1 amide bonds. The normalized spacial score (nSPS) is 16.9. The van der Waals surface area contributed by atoms with E-state index in [0.717, 1.165) is 18.7 Å². The summed E-state index contributed by atoms with van der Waals surface area (Å²) in [6, 6.07) is 10.2. The van der Waals surface area contributed by atoms with Crippen LogP contribution in [0.1, 0.15) is 12.5 Å². The molecule has 2 aromatic carbocycles. The first-order valence-electron chi connectivity index (χ1n) is 8.90. The Hall–Kier alpha value is -2.02. The third kappa shape index (κ3) is 5.03. The molecule has 144 valence electrons. The van der Waals surface area contributed by atoms with Crippen LogP contribution in [-0.2, 0) is 11.3 Å². The summed E-state index contributed by atoms with van der Waals surface area (Å²) in [5.41, 5.74) is 1.08. The Bertz CT molecular complexity index is 810. The number of halogens is 3. The summed E-state index contributed by atoms with van der Waals surface area (Å²) in [4.78, 5) is 16.7. The van der Waals surface area contributed by atoms with Crippen LogP contribution >= 0.6 is 11.6 Å². The molecule has 3 rings (SSSR count). The second kappa shape index (κ2) is 8.78. The monoisotopic (exact) mass is 393 g/mol. The number of piperazine rings is 1. The lowest BCUT2D eigenvalue weighted by atomic mass is 10.1. The minimum absolute atomic E-state index is 0.193. The predicted molar refractivity (Wildman–Crippen MR) is 103 cm³/mol. The van der Waals surface area contributed by atoms with E-state index in [1.165, 1.54) is 18.2 Å². The molecule has 0 aromatic heterocycles. The summed E-state index contributed by atoms with van der Waals surface area (Å²) in [5.74, 6) is -1.02. The highest BCUT2D eigenvalue weighted by Gasteiger charge is 2.26. The van der Waals surface area contributed by atoms with E-state index in [2.05, 4.69) is 15.1 Å². The molecule has 2 aromatic rings. The van der Waals surface area contributed by atoms with Gasteiger partial charge in [-0.15, -0.1) is 0 Å². The Morgan fingerprint density at radius 2 is 1.85 bits per heavy atom. The molecule has 1 N–H and O–H groups in total. The largest absolute Gasteiger partial charge is 0.322 e. The quantitative estimate of drug-likeness (QED) is 0.840. The molecular formula is C20H22ClF2N3O. The summed E-state index contributed by atoms with van der Waals surface area (Å²) < 4.78 is 26.9. The number of anilines is 1. The summed E-state index contributed by atoms with van der Waals surface area (Å²) in [6.45, 7) is 5.43. The SMILES string of the molecule is CC(C(=O)Nc1ccccc1F)N1CCN(Cc2ccc(F)cc2Cl)CC1. The van der Waals surface area contributed by atoms with Crippen LogP contribution in [0.15, 0.2) is 42.5 Å². The number of nitrogens with one attached hydrogen (secondary N) is 1. The van der Waals surface area contributed by atoms with E-state index in [9.17, 15) is 13.6 Å². The molecule has 0 aliphatic carbocycles. The number of rotatable bonds is 5. The highest BCUT2D eigenvalue weighted by Crippen LogP contribution is 2.20. The van der Waals surface area contributed by atoms with E-state index in [1.807, 2.05) is 6.92 Å². The Kier molecular flexibility index (Phi) is 6.42. The highest BCUT2D eigenvalue weighted by atomic mass is 35.5. The van der Waals surface area contributed by atoms with E-state index in [1.54, 1.807) is 24.3 Å². The third-order valence-corrected chi connectivity index (χ3v) is 5.23. The van der Waals surface area contributed by atoms with Crippen LogP contribution in [0.3, 0.4) is 0 Å². The molecule has 27 heavy (non-hydrogen) atoms. The van der Waals surface area contributed by atoms with Crippen molar-refractivity contribution in [1.29, 1.82) is 0 Å². The summed E-state index contributed by atoms with van der Waals surface area (Å²) in [6.07, 6.45) is 0. The maximum Gasteiger partial charge on any atom is 0.241 e. The number of para-hydroxylation sites is 1. The topological polar surface area (TPSA) is 35.6 Å². The molecule has 0 radical (unpaired) electrons. The molecule has 4 nitrogen and oxygen atoms in total. The van der Waals surface area contributed by atoms with Gasteiger partial charge in [0.2, 0.25) is 5.91 Å². The molecule has 1 unspecified atom stereocenters. The number of carbonyl (C=O) groups is 1. The molecule has 1 heterocycles. The Morgan fingerprint density at radius 3 is 2.52 bits per heavy atom. The van der Waals surface area contributed by atoms with E-state index in [-0.39, 0.29) is 23.5 Å². The van der Waals surface area contributed by atoms with Crippen molar-refractivity contribution in [2.24, 2.45) is 0 Å². The average molecular weight is 394 g/mol. The van der Waals surface area contributed by atoms with E-state index < -0.39 is 5.82 Å². The number of amides is 1. The van der Waals surface area contributed by atoms with E-state index >= 15 is 0 Å². The zero-order valence-corrected chi connectivity index (χ0v) is 15.8. The first-order chi connectivity index (χ1) is 12.9. The Balaban J connectivity index is 1.52. The van der Waals surface area contributed by atoms with Gasteiger partial charge in [0.1, 0.15) is 11.6 Å². The van der Waals surface area contributed by atoms with Crippen LogP contribution in [0, 0.1) is 11.6 Å². The molecule has 1 aliphatic heterocycles. The van der Waals surface area contributed by atoms with Crippen molar-refractivity contribution >= 4 is 23.2 Å². The van der Waals surface area contributed by atoms with Crippen LogP contribution in [0.5, 0.6) is 0 Å². The van der Waals surface area contributed by atoms with E-state index in [0.29, 0.717) is 24.7 Å². The van der Waals surface area contributed by atoms with Crippen molar-refractivity contribution in [1.82, 2.24) is 9.80 Å². The van der Waals surface area contributed by atoms with Gasteiger partial charge in [-0.25, -0.2) is 8.78 Å². The molecule has 7 heteroatoms. The van der Waals surface area contributed by atoms with Gasteiger partial charge in [0.15, 0.2) is 0 Å². The second-order valence-electron chi connectivity index (χ2n) is 6.69. The number of hydrogen-bond donors (Lipinski definition) is 1. The van der Waals surface area contributed by atoms with Gasteiger partial charge in [0, 0.05) is 37.7 Å². The van der Waals surface area contributed by atoms with Gasteiger partial charge in [0.25, 0.3) is 0 Å². The number of benzene rings is 2. The summed E-state index contributed by atoms with van der Waals surface area (Å²) >= 11 is 6.10. The molecular weight excluding hydrogens is 372 g/mol. The summed E-state index contributed by atoms with van der Waals surface area (Å²) in [7, 11) is 0. The van der Waals surface area contributed by atoms with Gasteiger partial charge in [-0.2, -0.15) is 0 Å². The van der Waals surface area contributed by atoms with Gasteiger partial charge in [-0.3, -0.25) is 14.6 Å². The van der Waals surface area contributed by atoms with Crippen molar-refractivity contribution in [2.75, 3.05) is 31.5 Å². The van der Waals surface area contributed by atoms with Gasteiger partial charge >= 0.3 is 0 Å². The first-order valence-corrected chi connectivity index (χ1v) is 9.27. The molecule has 1 saturated heterocycles. The van der Waals surface area contributed by atoms with Gasteiger partial charge in [-0.05, 0) is 36.8 Å². The van der Waals surface area contributed by atoms with E-state index in [4.69, 9.17) is 11.6 Å². The standard InChI is InChI=1S/C20H22ClF2N3O/c1-14(20(27)24-19-5-3-2-4-18(19)23)26-10-8-25(9-11-26)13-15-6-7-16(22)12-17(15)21/h2-7,12,14H,8-11,13H2,1H3,(H,24,27). The Morgan fingerprint density at radius 1 is 1.15 bits per heavy atom. The van der Waals surface area contributed by atoms with Crippen molar-refractivity contribution in [3.63, 3.8) is 0 Å². The summed E-state index contributed by atoms with van der Waals surface area (Å²) in [5, 5.41) is 3.07. The zero-order chi connectivity index (χ0) is 19.4. The van der Waals surface area contributed by atoms with Gasteiger partial charge in [0.05, 0.1) is 11.7 Å². The van der Waals surface area contributed by atoms with Crippen molar-refractivity contribution in [2.45, 2.75) is 19.5 Å². The van der Waals surface area contributed by atoms with Crippen molar-refractivity contribution < 1.29 is 13.6 Å².